The van der Waals surface area contributed by atoms with Gasteiger partial charge in [0, 0.05) is 23.3 Å². The minimum atomic E-state index is -0.341. The summed E-state index contributed by atoms with van der Waals surface area (Å²) in [5, 5.41) is 3.64. The number of carbonyl (C=O) groups is 1. The van der Waals surface area contributed by atoms with Crippen LogP contribution in [0.5, 0.6) is 0 Å². The molecule has 3 aromatic rings. The molecule has 1 atom stereocenters. The van der Waals surface area contributed by atoms with Gasteiger partial charge in [0.2, 0.25) is 5.43 Å². The number of aromatic nitrogens is 1. The van der Waals surface area contributed by atoms with Crippen molar-refractivity contribution in [2.24, 2.45) is 0 Å². The quantitative estimate of drug-likeness (QED) is 0.729. The molecule has 1 aliphatic heterocycles. The van der Waals surface area contributed by atoms with E-state index in [-0.39, 0.29) is 28.9 Å². The maximum atomic E-state index is 13.1. The second-order valence-corrected chi connectivity index (χ2v) is 7.79. The predicted octanol–water partition coefficient (Wildman–Crippen LogP) is 4.80. The van der Waals surface area contributed by atoms with Gasteiger partial charge in [-0.05, 0) is 48.9 Å². The fourth-order valence-electron chi connectivity index (χ4n) is 4.10. The Morgan fingerprint density at radius 3 is 2.67 bits per heavy atom. The molecule has 0 saturated carbocycles. The highest BCUT2D eigenvalue weighted by Gasteiger charge is 2.25. The molecule has 4 nitrogen and oxygen atoms in total. The SMILES string of the molecule is Cc1cccc(C(C)C)c1NC(=O)c1cn2c3c(cccc3c1=O)C[C@@H]2C. The second-order valence-electron chi connectivity index (χ2n) is 7.79. The van der Waals surface area contributed by atoms with Gasteiger partial charge in [0.05, 0.1) is 5.52 Å². The van der Waals surface area contributed by atoms with Gasteiger partial charge in [0.25, 0.3) is 5.91 Å². The molecule has 1 aromatic heterocycles. The van der Waals surface area contributed by atoms with E-state index in [1.807, 2.05) is 37.3 Å². The van der Waals surface area contributed by atoms with Crippen LogP contribution in [0.3, 0.4) is 0 Å². The van der Waals surface area contributed by atoms with Crippen LogP contribution >= 0.6 is 0 Å². The van der Waals surface area contributed by atoms with Gasteiger partial charge in [-0.15, -0.1) is 0 Å². The number of benzene rings is 2. The number of hydrogen-bond acceptors (Lipinski definition) is 2. The highest BCUT2D eigenvalue weighted by Crippen LogP contribution is 2.31. The van der Waals surface area contributed by atoms with Crippen molar-refractivity contribution in [3.8, 4) is 0 Å². The molecule has 4 rings (SSSR count). The van der Waals surface area contributed by atoms with E-state index in [4.69, 9.17) is 0 Å². The molecule has 0 bridgehead atoms. The Balaban J connectivity index is 1.83. The highest BCUT2D eigenvalue weighted by atomic mass is 16.2. The molecule has 138 valence electrons. The fourth-order valence-corrected chi connectivity index (χ4v) is 4.10. The standard InChI is InChI=1S/C23H24N2O2/c1-13(2)17-9-5-7-14(3)20(17)24-23(27)19-12-25-15(4)11-16-8-6-10-18(21(16)25)22(19)26/h5-10,12-13,15H,11H2,1-4H3,(H,24,27)/t15-/m0/s1. The van der Waals surface area contributed by atoms with Crippen molar-refractivity contribution in [3.05, 3.63) is 75.1 Å². The van der Waals surface area contributed by atoms with Gasteiger partial charge in [-0.3, -0.25) is 9.59 Å². The van der Waals surface area contributed by atoms with Crippen LogP contribution in [0.1, 0.15) is 59.8 Å². The average molecular weight is 360 g/mol. The van der Waals surface area contributed by atoms with Crippen LogP contribution in [0.4, 0.5) is 5.69 Å². The van der Waals surface area contributed by atoms with E-state index in [1.165, 1.54) is 5.56 Å². The summed E-state index contributed by atoms with van der Waals surface area (Å²) < 4.78 is 2.07. The number of pyridine rings is 1. The van der Waals surface area contributed by atoms with Crippen molar-refractivity contribution in [2.45, 2.75) is 46.1 Å². The molecular weight excluding hydrogens is 336 g/mol. The van der Waals surface area contributed by atoms with Gasteiger partial charge in [-0.2, -0.15) is 0 Å². The Morgan fingerprint density at radius 2 is 1.93 bits per heavy atom. The van der Waals surface area contributed by atoms with Crippen LogP contribution in [0.2, 0.25) is 0 Å². The first kappa shape index (κ1) is 17.5. The summed E-state index contributed by atoms with van der Waals surface area (Å²) in [5.41, 5.74) is 5.01. The van der Waals surface area contributed by atoms with Crippen molar-refractivity contribution < 1.29 is 4.79 Å². The van der Waals surface area contributed by atoms with Crippen molar-refractivity contribution in [1.29, 1.82) is 0 Å². The number of hydrogen-bond donors (Lipinski definition) is 1. The molecule has 4 heteroatoms. The summed E-state index contributed by atoms with van der Waals surface area (Å²) in [6.45, 7) is 8.28. The molecular formula is C23H24N2O2. The lowest BCUT2D eigenvalue weighted by Crippen LogP contribution is -2.24. The van der Waals surface area contributed by atoms with Gasteiger partial charge in [-0.1, -0.05) is 44.2 Å². The Hall–Kier alpha value is -2.88. The Morgan fingerprint density at radius 1 is 1.19 bits per heavy atom. The van der Waals surface area contributed by atoms with Crippen LogP contribution in [-0.4, -0.2) is 10.5 Å². The summed E-state index contributed by atoms with van der Waals surface area (Å²) in [7, 11) is 0. The van der Waals surface area contributed by atoms with Crippen LogP contribution in [0.25, 0.3) is 10.9 Å². The number of para-hydroxylation sites is 2. The van der Waals surface area contributed by atoms with E-state index >= 15 is 0 Å². The lowest BCUT2D eigenvalue weighted by molar-refractivity contribution is 0.102. The van der Waals surface area contributed by atoms with Gasteiger partial charge < -0.3 is 9.88 Å². The van der Waals surface area contributed by atoms with E-state index in [9.17, 15) is 9.59 Å². The van der Waals surface area contributed by atoms with Crippen LogP contribution < -0.4 is 10.7 Å². The smallest absolute Gasteiger partial charge is 0.261 e. The average Bonchev–Trinajstić information content (AvgIpc) is 2.95. The summed E-state index contributed by atoms with van der Waals surface area (Å²) in [4.78, 5) is 26.1. The Bertz CT molecular complexity index is 1130. The van der Waals surface area contributed by atoms with Crippen LogP contribution in [0, 0.1) is 6.92 Å². The number of amides is 1. The van der Waals surface area contributed by atoms with E-state index < -0.39 is 0 Å². The first-order valence-electron chi connectivity index (χ1n) is 9.46. The zero-order chi connectivity index (χ0) is 19.3. The van der Waals surface area contributed by atoms with Gasteiger partial charge in [0.15, 0.2) is 0 Å². The molecule has 0 unspecified atom stereocenters. The number of carbonyl (C=O) groups excluding carboxylic acids is 1. The molecule has 0 fully saturated rings. The Labute approximate surface area is 158 Å². The highest BCUT2D eigenvalue weighted by molar-refractivity contribution is 6.06. The molecule has 1 N–H and O–H groups in total. The molecule has 1 aliphatic rings. The topological polar surface area (TPSA) is 51.1 Å². The van der Waals surface area contributed by atoms with E-state index in [2.05, 4.69) is 36.7 Å². The second kappa shape index (κ2) is 6.38. The summed E-state index contributed by atoms with van der Waals surface area (Å²) in [6.07, 6.45) is 2.62. The minimum absolute atomic E-state index is 0.200. The predicted molar refractivity (Wildman–Crippen MR) is 110 cm³/mol. The van der Waals surface area contributed by atoms with Gasteiger partial charge in [-0.25, -0.2) is 0 Å². The summed E-state index contributed by atoms with van der Waals surface area (Å²) in [5.74, 6) is -0.0653. The molecule has 0 radical (unpaired) electrons. The van der Waals surface area contributed by atoms with Crippen molar-refractivity contribution in [3.63, 3.8) is 0 Å². The van der Waals surface area contributed by atoms with Gasteiger partial charge in [0.1, 0.15) is 5.56 Å². The molecule has 2 aromatic carbocycles. The maximum absolute atomic E-state index is 13.1. The zero-order valence-corrected chi connectivity index (χ0v) is 16.2. The monoisotopic (exact) mass is 360 g/mol. The van der Waals surface area contributed by atoms with Crippen molar-refractivity contribution in [1.82, 2.24) is 4.57 Å². The third-order valence-electron chi connectivity index (χ3n) is 5.54. The molecule has 27 heavy (non-hydrogen) atoms. The molecule has 0 spiro atoms. The van der Waals surface area contributed by atoms with Crippen molar-refractivity contribution in [2.75, 3.05) is 5.32 Å². The summed E-state index contributed by atoms with van der Waals surface area (Å²) in [6, 6.07) is 12.0. The molecule has 2 heterocycles. The third-order valence-corrected chi connectivity index (χ3v) is 5.54. The molecule has 0 saturated heterocycles. The number of aryl methyl sites for hydroxylation is 1. The fraction of sp³-hybridized carbons (Fsp3) is 0.304. The largest absolute Gasteiger partial charge is 0.343 e. The van der Waals surface area contributed by atoms with Crippen LogP contribution in [0.15, 0.2) is 47.4 Å². The normalized spacial score (nSPS) is 15.5. The molecule has 1 amide bonds. The third kappa shape index (κ3) is 2.76. The zero-order valence-electron chi connectivity index (χ0n) is 16.2. The Kier molecular flexibility index (Phi) is 4.14. The minimum Gasteiger partial charge on any atom is -0.343 e. The number of anilines is 1. The first-order chi connectivity index (χ1) is 12.9. The van der Waals surface area contributed by atoms with E-state index in [1.54, 1.807) is 6.20 Å². The van der Waals surface area contributed by atoms with Gasteiger partial charge >= 0.3 is 0 Å². The lowest BCUT2D eigenvalue weighted by atomic mass is 9.98. The van der Waals surface area contributed by atoms with Crippen LogP contribution in [-0.2, 0) is 6.42 Å². The van der Waals surface area contributed by atoms with Crippen molar-refractivity contribution >= 4 is 22.5 Å². The van der Waals surface area contributed by atoms with E-state index in [0.29, 0.717) is 5.39 Å². The van der Waals surface area contributed by atoms with E-state index in [0.717, 1.165) is 28.8 Å². The lowest BCUT2D eigenvalue weighted by Gasteiger charge is -2.17. The summed E-state index contributed by atoms with van der Waals surface area (Å²) >= 11 is 0. The first-order valence-corrected chi connectivity index (χ1v) is 9.46. The molecule has 0 aliphatic carbocycles. The number of nitrogens with zero attached hydrogens (tertiary/aromatic N) is 1. The number of nitrogens with one attached hydrogen (secondary N) is 1. The number of rotatable bonds is 3. The maximum Gasteiger partial charge on any atom is 0.261 e.